The minimum atomic E-state index is -5.92. The summed E-state index contributed by atoms with van der Waals surface area (Å²) < 4.78 is 103. The first-order valence-corrected chi connectivity index (χ1v) is 8.59. The van der Waals surface area contributed by atoms with Crippen LogP contribution < -0.4 is 0 Å². The summed E-state index contributed by atoms with van der Waals surface area (Å²) in [6, 6.07) is 0. The van der Waals surface area contributed by atoms with Gasteiger partial charge in [-0.15, -0.1) is 10.9 Å². The molecule has 0 aliphatic carbocycles. The molecule has 0 aliphatic heterocycles. The summed E-state index contributed by atoms with van der Waals surface area (Å²) in [7, 11) is -22.8. The van der Waals surface area contributed by atoms with E-state index in [1.807, 2.05) is 0 Å². The second-order valence-electron chi connectivity index (χ2n) is 2.02. The fourth-order valence-electron chi connectivity index (χ4n) is 0.379. The molecule has 17 heavy (non-hydrogen) atoms. The van der Waals surface area contributed by atoms with Gasteiger partial charge in [0.25, 0.3) is 0 Å². The Bertz CT molecular complexity index is 551. The maximum absolute atomic E-state index is 10.6. The maximum Gasteiger partial charge on any atom is 0.429 e. The quantitative estimate of drug-likeness (QED) is 0.214. The molecule has 0 aliphatic rings. The Morgan fingerprint density at radius 2 is 1.24 bits per heavy atom. The highest BCUT2D eigenvalue weighted by Crippen LogP contribution is 2.15. The van der Waals surface area contributed by atoms with Crippen molar-refractivity contribution in [3.8, 4) is 0 Å². The second kappa shape index (κ2) is 4.89. The monoisotopic (exact) mass is 342 g/mol. The average Bonchev–Trinajstić information content (AvgIpc) is 1.65. The highest BCUT2D eigenvalue weighted by Gasteiger charge is 2.31. The van der Waals surface area contributed by atoms with Crippen LogP contribution in [0.3, 0.4) is 0 Å². The fraction of sp³-hybridized carbons (Fsp3) is 0. The van der Waals surface area contributed by atoms with E-state index in [0.29, 0.717) is 0 Å². The van der Waals surface area contributed by atoms with Gasteiger partial charge in [0.15, 0.2) is 10.8 Å². The lowest BCUT2D eigenvalue weighted by Gasteiger charge is -2.16. The van der Waals surface area contributed by atoms with Crippen molar-refractivity contribution in [2.75, 3.05) is 0 Å². The van der Waals surface area contributed by atoms with E-state index < -0.39 is 42.3 Å². The zero-order chi connectivity index (χ0) is 14.1. The summed E-state index contributed by atoms with van der Waals surface area (Å²) in [6.07, 6.45) is 0. The predicted octanol–water partition coefficient (Wildman–Crippen LogP) is -2.72. The maximum atomic E-state index is 10.6. The smallest absolute Gasteiger partial charge is 0.290 e. The minimum Gasteiger partial charge on any atom is -0.290 e. The van der Waals surface area contributed by atoms with Gasteiger partial charge in [-0.05, 0) is 0 Å². The van der Waals surface area contributed by atoms with E-state index in [9.17, 15) is 25.3 Å². The molecular formula is H6O13S4. The molecule has 0 rings (SSSR count). The van der Waals surface area contributed by atoms with E-state index >= 15 is 0 Å². The van der Waals surface area contributed by atoms with Gasteiger partial charge in [-0.3, -0.25) is 18.2 Å². The van der Waals surface area contributed by atoms with Crippen molar-refractivity contribution in [2.24, 2.45) is 0 Å². The molecule has 4 N–H and O–H groups in total. The molecule has 0 aromatic carbocycles. The summed E-state index contributed by atoms with van der Waals surface area (Å²) in [5.74, 6) is 0. The van der Waals surface area contributed by atoms with Gasteiger partial charge in [-0.1, -0.05) is 0 Å². The van der Waals surface area contributed by atoms with Gasteiger partial charge in [0, 0.05) is 0 Å². The van der Waals surface area contributed by atoms with Crippen molar-refractivity contribution in [1.82, 2.24) is 0 Å². The van der Waals surface area contributed by atoms with Gasteiger partial charge >= 0.3 is 20.8 Å². The van der Waals surface area contributed by atoms with E-state index in [1.165, 1.54) is 0 Å². The first-order chi connectivity index (χ1) is 7.12. The average molecular weight is 342 g/mol. The third-order valence-corrected chi connectivity index (χ3v) is 5.06. The molecule has 0 aromatic rings. The van der Waals surface area contributed by atoms with E-state index in [4.69, 9.17) is 18.2 Å². The topological polar surface area (TPSA) is 211 Å². The van der Waals surface area contributed by atoms with Crippen molar-refractivity contribution < 1.29 is 54.4 Å². The number of hydrogen-bond donors (Lipinski definition) is 6. The molecule has 0 fully saturated rings. The molecule has 108 valence electrons. The normalized spacial score (nSPS) is 16.7. The number of thiol groups is 2. The SMILES string of the molecule is O=S(=O)(O)O[SH](=O)(O)OS(=O)(=O)O[SH](=O)(O)O. The Labute approximate surface area is 96.9 Å². The van der Waals surface area contributed by atoms with Crippen LogP contribution >= 0.6 is 0 Å². The third kappa shape index (κ3) is 9.61. The van der Waals surface area contributed by atoms with Crippen LogP contribution in [0.1, 0.15) is 0 Å². The van der Waals surface area contributed by atoms with Crippen LogP contribution in [-0.2, 0) is 53.2 Å². The first kappa shape index (κ1) is 16.9. The van der Waals surface area contributed by atoms with Crippen LogP contribution in [-0.4, -0.2) is 43.5 Å². The summed E-state index contributed by atoms with van der Waals surface area (Å²) in [4.78, 5) is 0. The van der Waals surface area contributed by atoms with Crippen molar-refractivity contribution in [1.29, 1.82) is 0 Å². The van der Waals surface area contributed by atoms with E-state index in [-0.39, 0.29) is 0 Å². The van der Waals surface area contributed by atoms with Crippen molar-refractivity contribution in [3.05, 3.63) is 0 Å². The van der Waals surface area contributed by atoms with Crippen LogP contribution in [0.25, 0.3) is 0 Å². The Morgan fingerprint density at radius 1 is 0.824 bits per heavy atom. The van der Waals surface area contributed by atoms with Crippen LogP contribution in [0.4, 0.5) is 0 Å². The zero-order valence-electron chi connectivity index (χ0n) is 7.17. The summed E-state index contributed by atoms with van der Waals surface area (Å²) in [5.41, 5.74) is 0. The molecule has 0 saturated heterocycles. The van der Waals surface area contributed by atoms with Crippen molar-refractivity contribution in [2.45, 2.75) is 0 Å². The van der Waals surface area contributed by atoms with Crippen molar-refractivity contribution >= 4 is 42.3 Å². The highest BCUT2D eigenvalue weighted by atomic mass is 32.4. The lowest BCUT2D eigenvalue weighted by atomic mass is 15.7. The molecule has 0 unspecified atom stereocenters. The Morgan fingerprint density at radius 3 is 1.53 bits per heavy atom. The standard InChI is InChI=1S/H6O13S4/c1-14(2,3)11-16(7,8)13-17(9,10)12-15(4,5)6/h14,17H,(H,9,10)(H2,1,2,3)(H,4,5,6). The minimum absolute atomic E-state index is 2.88. The van der Waals surface area contributed by atoms with E-state index in [2.05, 4.69) is 10.9 Å². The van der Waals surface area contributed by atoms with Crippen LogP contribution in [0.2, 0.25) is 0 Å². The van der Waals surface area contributed by atoms with Gasteiger partial charge in [0.1, 0.15) is 0 Å². The predicted molar refractivity (Wildman–Crippen MR) is 50.7 cm³/mol. The molecule has 0 spiro atoms. The van der Waals surface area contributed by atoms with Gasteiger partial charge in [0.05, 0.1) is 0 Å². The molecule has 0 atom stereocenters. The van der Waals surface area contributed by atoms with E-state index in [1.54, 1.807) is 0 Å². The Hall–Kier alpha value is -0.0800. The van der Waals surface area contributed by atoms with E-state index in [0.717, 1.165) is 0 Å². The Balaban J connectivity index is 4.97. The number of rotatable bonds is 6. The second-order valence-corrected chi connectivity index (χ2v) is 7.40. The fourth-order valence-corrected chi connectivity index (χ4v) is 3.88. The first-order valence-electron chi connectivity index (χ1n) is 2.86. The molecule has 0 amide bonds. The summed E-state index contributed by atoms with van der Waals surface area (Å²) >= 11 is 0. The van der Waals surface area contributed by atoms with Crippen molar-refractivity contribution in [3.63, 3.8) is 0 Å². The van der Waals surface area contributed by atoms with Crippen LogP contribution in [0.5, 0.6) is 0 Å². The van der Waals surface area contributed by atoms with Gasteiger partial charge in [-0.25, -0.2) is 8.42 Å². The summed E-state index contributed by atoms with van der Waals surface area (Å²) in [6.45, 7) is 0. The molecule has 0 saturated carbocycles. The highest BCUT2D eigenvalue weighted by molar-refractivity contribution is 8.06. The molecular weight excluding hydrogens is 336 g/mol. The van der Waals surface area contributed by atoms with Gasteiger partial charge in [0.2, 0.25) is 10.8 Å². The molecule has 17 heteroatoms. The number of hydrogen-bond acceptors (Lipinski definition) is 9. The largest absolute Gasteiger partial charge is 0.429 e. The molecule has 0 bridgehead atoms. The Kier molecular flexibility index (Phi) is 4.87. The van der Waals surface area contributed by atoms with Gasteiger partial charge < -0.3 is 0 Å². The molecule has 0 aromatic heterocycles. The summed E-state index contributed by atoms with van der Waals surface area (Å²) in [5, 5.41) is 0. The lowest BCUT2D eigenvalue weighted by molar-refractivity contribution is 0.281. The van der Waals surface area contributed by atoms with Crippen LogP contribution in [0.15, 0.2) is 0 Å². The molecule has 0 heterocycles. The third-order valence-electron chi connectivity index (χ3n) is 0.562. The zero-order valence-corrected chi connectivity index (χ0v) is 10.6. The molecule has 13 nitrogen and oxygen atoms in total. The van der Waals surface area contributed by atoms with Gasteiger partial charge in [-0.2, -0.15) is 16.8 Å². The van der Waals surface area contributed by atoms with Crippen LogP contribution in [0, 0.1) is 0 Å². The lowest BCUT2D eigenvalue weighted by Crippen LogP contribution is -2.29. The molecule has 0 radical (unpaired) electrons.